The minimum Gasteiger partial charge on any atom is -0.508 e. The second-order valence-corrected chi connectivity index (χ2v) is 6.99. The molecule has 7 N–H and O–H groups in total. The van der Waals surface area contributed by atoms with Crippen LogP contribution in [0.25, 0.3) is 0 Å². The fraction of sp³-hybridized carbons (Fsp3) is 0.350. The lowest BCUT2D eigenvalue weighted by atomic mass is 10.0. The van der Waals surface area contributed by atoms with Gasteiger partial charge in [-0.3, -0.25) is 4.79 Å². The summed E-state index contributed by atoms with van der Waals surface area (Å²) in [5.74, 6) is -1.87. The van der Waals surface area contributed by atoms with Gasteiger partial charge in [-0.05, 0) is 24.1 Å². The maximum atomic E-state index is 12.5. The van der Waals surface area contributed by atoms with Crippen molar-refractivity contribution < 1.29 is 55.1 Å². The Balaban J connectivity index is 1.71. The molecule has 5 atom stereocenters. The summed E-state index contributed by atoms with van der Waals surface area (Å²) in [7, 11) is 0. The maximum Gasteiger partial charge on any atom is 0.231 e. The van der Waals surface area contributed by atoms with Crippen molar-refractivity contribution in [3.05, 3.63) is 47.5 Å². The van der Waals surface area contributed by atoms with Crippen molar-refractivity contribution in [3.63, 3.8) is 0 Å². The van der Waals surface area contributed by atoms with Gasteiger partial charge in [0.15, 0.2) is 5.78 Å². The number of hydrogen-bond donors (Lipinski definition) is 7. The Kier molecular flexibility index (Phi) is 6.95. The molecule has 0 radical (unpaired) electrons. The Morgan fingerprint density at radius 1 is 0.903 bits per heavy atom. The number of aromatic hydroxyl groups is 3. The first kappa shape index (κ1) is 22.7. The average Bonchev–Trinajstić information content (AvgIpc) is 2.73. The number of phenolic OH excluding ortho intramolecular Hbond substituents is 3. The van der Waals surface area contributed by atoms with E-state index in [-0.39, 0.29) is 23.5 Å². The number of aryl methyl sites for hydroxylation is 1. The van der Waals surface area contributed by atoms with Crippen molar-refractivity contribution in [1.29, 1.82) is 0 Å². The number of rotatable bonds is 7. The molecular weight excluding hydrogens is 416 g/mol. The Hall–Kier alpha value is -2.93. The molecule has 1 fully saturated rings. The van der Waals surface area contributed by atoms with E-state index in [0.717, 1.165) is 17.7 Å². The normalized spacial score (nSPS) is 25.9. The fourth-order valence-electron chi connectivity index (χ4n) is 3.12. The van der Waals surface area contributed by atoms with Crippen LogP contribution in [0.3, 0.4) is 0 Å². The highest BCUT2D eigenvalue weighted by Crippen LogP contribution is 2.35. The highest BCUT2D eigenvalue weighted by atomic mass is 17.1. The number of aliphatic hydroxyl groups excluding tert-OH is 3. The van der Waals surface area contributed by atoms with Crippen LogP contribution < -0.4 is 4.74 Å². The van der Waals surface area contributed by atoms with Gasteiger partial charge in [0.1, 0.15) is 46.9 Å². The minimum absolute atomic E-state index is 0.0316. The highest BCUT2D eigenvalue weighted by Gasteiger charge is 2.46. The van der Waals surface area contributed by atoms with Crippen molar-refractivity contribution in [2.45, 2.75) is 43.7 Å². The number of hydrogen-bond acceptors (Lipinski definition) is 11. The monoisotopic (exact) mass is 438 g/mol. The molecule has 3 rings (SSSR count). The molecule has 0 saturated carbocycles. The van der Waals surface area contributed by atoms with Gasteiger partial charge in [-0.2, -0.15) is 0 Å². The average molecular weight is 438 g/mol. The molecule has 11 heteroatoms. The molecule has 1 aliphatic heterocycles. The first-order valence-corrected chi connectivity index (χ1v) is 9.25. The topological polar surface area (TPSA) is 186 Å². The quantitative estimate of drug-likeness (QED) is 0.178. The SMILES string of the molecule is O=C(CCc1ccc(O)cc1)c1c(O)cc(O[C@@H]2O[C@H](OO)[C@@H](O)[C@H](O)[C@H]2O)cc1O. The van der Waals surface area contributed by atoms with Crippen LogP contribution in [0.2, 0.25) is 0 Å². The molecule has 2 aromatic carbocycles. The van der Waals surface area contributed by atoms with Gasteiger partial charge in [0, 0.05) is 18.6 Å². The van der Waals surface area contributed by atoms with Crippen LogP contribution in [-0.4, -0.2) is 72.6 Å². The molecule has 0 aliphatic carbocycles. The number of phenols is 3. The molecule has 0 bridgehead atoms. The molecule has 168 valence electrons. The lowest BCUT2D eigenvalue weighted by Gasteiger charge is -2.38. The van der Waals surface area contributed by atoms with E-state index in [2.05, 4.69) is 4.89 Å². The predicted molar refractivity (Wildman–Crippen MR) is 102 cm³/mol. The van der Waals surface area contributed by atoms with E-state index in [1.165, 1.54) is 12.1 Å². The smallest absolute Gasteiger partial charge is 0.231 e. The van der Waals surface area contributed by atoms with Crippen LogP contribution in [0.1, 0.15) is 22.3 Å². The van der Waals surface area contributed by atoms with E-state index in [4.69, 9.17) is 14.7 Å². The molecule has 1 heterocycles. The van der Waals surface area contributed by atoms with Gasteiger partial charge in [-0.1, -0.05) is 12.1 Å². The van der Waals surface area contributed by atoms with E-state index in [1.54, 1.807) is 12.1 Å². The third-order valence-electron chi connectivity index (χ3n) is 4.81. The lowest BCUT2D eigenvalue weighted by Crippen LogP contribution is -2.59. The molecule has 0 amide bonds. The second kappa shape index (κ2) is 9.47. The Labute approximate surface area is 175 Å². The van der Waals surface area contributed by atoms with Crippen LogP contribution >= 0.6 is 0 Å². The number of aliphatic hydroxyl groups is 3. The molecule has 0 unspecified atom stereocenters. The molecular formula is C20H22O11. The summed E-state index contributed by atoms with van der Waals surface area (Å²) < 4.78 is 10.3. The van der Waals surface area contributed by atoms with Gasteiger partial charge in [0.05, 0.1) is 0 Å². The van der Waals surface area contributed by atoms with Gasteiger partial charge in [-0.25, -0.2) is 10.1 Å². The molecule has 31 heavy (non-hydrogen) atoms. The molecule has 2 aromatic rings. The van der Waals surface area contributed by atoms with Gasteiger partial charge in [0.25, 0.3) is 0 Å². The zero-order valence-electron chi connectivity index (χ0n) is 16.0. The van der Waals surface area contributed by atoms with E-state index in [1.807, 2.05) is 0 Å². The van der Waals surface area contributed by atoms with Crippen LogP contribution in [0.5, 0.6) is 23.0 Å². The van der Waals surface area contributed by atoms with Gasteiger partial charge < -0.3 is 40.1 Å². The fourth-order valence-corrected chi connectivity index (χ4v) is 3.12. The summed E-state index contributed by atoms with van der Waals surface area (Å²) in [4.78, 5) is 16.3. The highest BCUT2D eigenvalue weighted by molar-refractivity contribution is 6.01. The van der Waals surface area contributed by atoms with E-state index in [0.29, 0.717) is 6.42 Å². The van der Waals surface area contributed by atoms with E-state index in [9.17, 15) is 35.4 Å². The van der Waals surface area contributed by atoms with Crippen molar-refractivity contribution in [2.75, 3.05) is 0 Å². The molecule has 0 aromatic heterocycles. The van der Waals surface area contributed by atoms with Crippen molar-refractivity contribution in [1.82, 2.24) is 0 Å². The van der Waals surface area contributed by atoms with E-state index >= 15 is 0 Å². The van der Waals surface area contributed by atoms with Crippen LogP contribution in [0.15, 0.2) is 36.4 Å². The number of ether oxygens (including phenoxy) is 2. The van der Waals surface area contributed by atoms with Crippen LogP contribution in [0.4, 0.5) is 0 Å². The predicted octanol–water partition coefficient (Wildman–Crippen LogP) is 0.252. The molecule has 11 nitrogen and oxygen atoms in total. The number of Topliss-reactive ketones (excluding diaryl/α,β-unsaturated/α-hetero) is 1. The summed E-state index contributed by atoms with van der Waals surface area (Å²) in [6.07, 6.45) is -8.36. The summed E-state index contributed by atoms with van der Waals surface area (Å²) >= 11 is 0. The zero-order valence-corrected chi connectivity index (χ0v) is 16.0. The number of benzene rings is 2. The maximum absolute atomic E-state index is 12.5. The van der Waals surface area contributed by atoms with Gasteiger partial charge in [0.2, 0.25) is 12.6 Å². The Morgan fingerprint density at radius 3 is 2.06 bits per heavy atom. The van der Waals surface area contributed by atoms with Gasteiger partial charge in [-0.15, -0.1) is 0 Å². The summed E-state index contributed by atoms with van der Waals surface area (Å²) in [6.45, 7) is 0. The number of ketones is 1. The largest absolute Gasteiger partial charge is 0.508 e. The van der Waals surface area contributed by atoms with Crippen molar-refractivity contribution in [3.8, 4) is 23.0 Å². The molecule has 1 saturated heterocycles. The molecule has 0 spiro atoms. The second-order valence-electron chi connectivity index (χ2n) is 6.99. The van der Waals surface area contributed by atoms with Crippen LogP contribution in [-0.2, 0) is 16.0 Å². The number of carbonyl (C=O) groups is 1. The van der Waals surface area contributed by atoms with Gasteiger partial charge >= 0.3 is 0 Å². The first-order valence-electron chi connectivity index (χ1n) is 9.25. The Bertz CT molecular complexity index is 889. The third-order valence-corrected chi connectivity index (χ3v) is 4.81. The Morgan fingerprint density at radius 2 is 1.48 bits per heavy atom. The number of carbonyl (C=O) groups excluding carboxylic acids is 1. The van der Waals surface area contributed by atoms with Crippen LogP contribution in [0, 0.1) is 0 Å². The first-order chi connectivity index (χ1) is 14.7. The summed E-state index contributed by atoms with van der Waals surface area (Å²) in [5.41, 5.74) is 0.443. The van der Waals surface area contributed by atoms with E-state index < -0.39 is 48.2 Å². The summed E-state index contributed by atoms with van der Waals surface area (Å²) in [5, 5.41) is 67.8. The summed E-state index contributed by atoms with van der Waals surface area (Å²) in [6, 6.07) is 8.23. The molecule has 1 aliphatic rings. The standard InChI is InChI=1S/C20H22O11/c21-10-4-1-9(2-5-10)3-6-12(22)15-13(23)7-11(8-14(15)24)29-19-17(26)16(25)18(27)20(30-19)31-28/h1-2,4-5,7-8,16-21,23-28H,3,6H2/t16-,17-,18+,19-,20-/m1/s1. The van der Waals surface area contributed by atoms with Crippen molar-refractivity contribution in [2.24, 2.45) is 0 Å². The third kappa shape index (κ3) is 5.05. The zero-order chi connectivity index (χ0) is 22.7. The minimum atomic E-state index is -1.78. The lowest BCUT2D eigenvalue weighted by molar-refractivity contribution is -0.420. The van der Waals surface area contributed by atoms with Crippen molar-refractivity contribution >= 4 is 5.78 Å².